The molecule has 0 spiro atoms. The van der Waals surface area contributed by atoms with Crippen LogP contribution < -0.4 is 5.32 Å². The molecule has 2 rings (SSSR count). The van der Waals surface area contributed by atoms with Crippen LogP contribution in [0.5, 0.6) is 0 Å². The van der Waals surface area contributed by atoms with Crippen LogP contribution in [-0.4, -0.2) is 11.7 Å². The molecule has 21 heavy (non-hydrogen) atoms. The molecule has 2 aromatic rings. The number of rotatable bonds is 5. The Morgan fingerprint density at radius 1 is 1.19 bits per heavy atom. The number of carbonyl (C=O) groups excluding carboxylic acids is 1. The van der Waals surface area contributed by atoms with E-state index >= 15 is 0 Å². The van der Waals surface area contributed by atoms with Crippen molar-refractivity contribution in [3.63, 3.8) is 0 Å². The van der Waals surface area contributed by atoms with Crippen LogP contribution in [0.4, 0.5) is 0 Å². The first-order valence-electron chi connectivity index (χ1n) is 6.76. The fourth-order valence-corrected chi connectivity index (χ4v) is 3.05. The van der Waals surface area contributed by atoms with Gasteiger partial charge in [-0.15, -0.1) is 11.8 Å². The molecule has 0 atom stereocenters. The summed E-state index contributed by atoms with van der Waals surface area (Å²) in [4.78, 5) is 13.1. The molecular formula is C17H18ClNOS. The average Bonchev–Trinajstić information content (AvgIpc) is 2.47. The molecule has 1 amide bonds. The van der Waals surface area contributed by atoms with Crippen LogP contribution in [0.1, 0.15) is 16.7 Å². The third-order valence-corrected chi connectivity index (χ3v) is 4.66. The Morgan fingerprint density at radius 2 is 1.95 bits per heavy atom. The minimum Gasteiger partial charge on any atom is -0.351 e. The molecular weight excluding hydrogens is 302 g/mol. The van der Waals surface area contributed by atoms with E-state index in [4.69, 9.17) is 11.6 Å². The molecule has 0 unspecified atom stereocenters. The minimum absolute atomic E-state index is 0.0147. The summed E-state index contributed by atoms with van der Waals surface area (Å²) in [5.74, 6) is 0.426. The standard InChI is InChI=1S/C17H18ClNOS/c1-12-7-8-13(2)16(9-12)21-11-17(20)19-10-14-5-3-4-6-15(14)18/h3-9H,10-11H2,1-2H3,(H,19,20). The fraction of sp³-hybridized carbons (Fsp3) is 0.235. The smallest absolute Gasteiger partial charge is 0.230 e. The molecule has 0 aliphatic heterocycles. The topological polar surface area (TPSA) is 29.1 Å². The van der Waals surface area contributed by atoms with Crippen LogP contribution in [0.3, 0.4) is 0 Å². The van der Waals surface area contributed by atoms with Crippen molar-refractivity contribution >= 4 is 29.3 Å². The first-order chi connectivity index (χ1) is 10.1. The number of aryl methyl sites for hydroxylation is 2. The van der Waals surface area contributed by atoms with E-state index in [1.165, 1.54) is 11.1 Å². The number of carbonyl (C=O) groups is 1. The second-order valence-electron chi connectivity index (χ2n) is 4.93. The van der Waals surface area contributed by atoms with Crippen LogP contribution in [0.25, 0.3) is 0 Å². The highest BCUT2D eigenvalue weighted by molar-refractivity contribution is 8.00. The van der Waals surface area contributed by atoms with Gasteiger partial charge in [0.15, 0.2) is 0 Å². The van der Waals surface area contributed by atoms with Gasteiger partial charge in [0.25, 0.3) is 0 Å². The zero-order valence-corrected chi connectivity index (χ0v) is 13.7. The summed E-state index contributed by atoms with van der Waals surface area (Å²) >= 11 is 7.63. The number of benzene rings is 2. The summed E-state index contributed by atoms with van der Waals surface area (Å²) < 4.78 is 0. The molecule has 1 N–H and O–H groups in total. The maximum atomic E-state index is 11.9. The van der Waals surface area contributed by atoms with Crippen molar-refractivity contribution in [3.8, 4) is 0 Å². The molecule has 0 aliphatic carbocycles. The van der Waals surface area contributed by atoms with Gasteiger partial charge < -0.3 is 5.32 Å². The molecule has 0 saturated carbocycles. The molecule has 110 valence electrons. The first-order valence-corrected chi connectivity index (χ1v) is 8.13. The molecule has 0 radical (unpaired) electrons. The first kappa shape index (κ1) is 15.9. The van der Waals surface area contributed by atoms with Gasteiger partial charge in [0.05, 0.1) is 5.75 Å². The van der Waals surface area contributed by atoms with Crippen molar-refractivity contribution in [2.75, 3.05) is 5.75 Å². The maximum absolute atomic E-state index is 11.9. The molecule has 0 aliphatic rings. The van der Waals surface area contributed by atoms with E-state index in [0.717, 1.165) is 10.5 Å². The van der Waals surface area contributed by atoms with Crippen molar-refractivity contribution in [1.29, 1.82) is 0 Å². The Hall–Kier alpha value is -1.45. The van der Waals surface area contributed by atoms with Crippen LogP contribution >= 0.6 is 23.4 Å². The van der Waals surface area contributed by atoms with Crippen molar-refractivity contribution in [3.05, 3.63) is 64.2 Å². The van der Waals surface area contributed by atoms with E-state index in [2.05, 4.69) is 37.4 Å². The lowest BCUT2D eigenvalue weighted by molar-refractivity contribution is -0.118. The van der Waals surface area contributed by atoms with Gasteiger partial charge in [0, 0.05) is 16.5 Å². The van der Waals surface area contributed by atoms with Crippen molar-refractivity contribution in [2.24, 2.45) is 0 Å². The Balaban J connectivity index is 1.85. The number of thioether (sulfide) groups is 1. The molecule has 0 heterocycles. The number of hydrogen-bond donors (Lipinski definition) is 1. The molecule has 0 fully saturated rings. The third kappa shape index (κ3) is 4.80. The monoisotopic (exact) mass is 319 g/mol. The molecule has 0 aromatic heterocycles. The summed E-state index contributed by atoms with van der Waals surface area (Å²) in [6.07, 6.45) is 0. The summed E-state index contributed by atoms with van der Waals surface area (Å²) in [6.45, 7) is 4.58. The number of nitrogens with one attached hydrogen (secondary N) is 1. The summed E-state index contributed by atoms with van der Waals surface area (Å²) in [5, 5.41) is 3.58. The van der Waals surface area contributed by atoms with Gasteiger partial charge >= 0.3 is 0 Å². The zero-order valence-electron chi connectivity index (χ0n) is 12.2. The Bertz CT molecular complexity index is 642. The van der Waals surface area contributed by atoms with E-state index in [9.17, 15) is 4.79 Å². The van der Waals surface area contributed by atoms with Crippen molar-refractivity contribution in [1.82, 2.24) is 5.32 Å². The van der Waals surface area contributed by atoms with Gasteiger partial charge in [0.2, 0.25) is 5.91 Å². The van der Waals surface area contributed by atoms with Gasteiger partial charge in [-0.05, 0) is 37.1 Å². The van der Waals surface area contributed by atoms with E-state index in [1.807, 2.05) is 24.3 Å². The molecule has 2 aromatic carbocycles. The third-order valence-electron chi connectivity index (χ3n) is 3.14. The quantitative estimate of drug-likeness (QED) is 0.829. The highest BCUT2D eigenvalue weighted by atomic mass is 35.5. The second kappa shape index (κ2) is 7.53. The van der Waals surface area contributed by atoms with E-state index in [1.54, 1.807) is 11.8 Å². The Morgan fingerprint density at radius 3 is 2.71 bits per heavy atom. The Kier molecular flexibility index (Phi) is 5.71. The lowest BCUT2D eigenvalue weighted by Crippen LogP contribution is -2.24. The highest BCUT2D eigenvalue weighted by Gasteiger charge is 2.06. The van der Waals surface area contributed by atoms with Crippen LogP contribution in [0, 0.1) is 13.8 Å². The molecule has 0 saturated heterocycles. The Labute approximate surface area is 134 Å². The zero-order chi connectivity index (χ0) is 15.2. The lowest BCUT2D eigenvalue weighted by Gasteiger charge is -2.08. The van der Waals surface area contributed by atoms with E-state index in [0.29, 0.717) is 17.3 Å². The fourth-order valence-electron chi connectivity index (χ4n) is 1.89. The van der Waals surface area contributed by atoms with Crippen LogP contribution in [-0.2, 0) is 11.3 Å². The molecule has 2 nitrogen and oxygen atoms in total. The van der Waals surface area contributed by atoms with E-state index in [-0.39, 0.29) is 5.91 Å². The minimum atomic E-state index is 0.0147. The molecule has 0 bridgehead atoms. The van der Waals surface area contributed by atoms with Crippen LogP contribution in [0.15, 0.2) is 47.4 Å². The number of hydrogen-bond acceptors (Lipinski definition) is 2. The van der Waals surface area contributed by atoms with Gasteiger partial charge in [0.1, 0.15) is 0 Å². The van der Waals surface area contributed by atoms with Gasteiger partial charge in [-0.2, -0.15) is 0 Å². The van der Waals surface area contributed by atoms with Gasteiger partial charge in [-0.25, -0.2) is 0 Å². The van der Waals surface area contributed by atoms with Gasteiger partial charge in [-0.3, -0.25) is 4.79 Å². The lowest BCUT2D eigenvalue weighted by atomic mass is 10.2. The van der Waals surface area contributed by atoms with E-state index < -0.39 is 0 Å². The predicted molar refractivity (Wildman–Crippen MR) is 89.9 cm³/mol. The summed E-state index contributed by atoms with van der Waals surface area (Å²) in [7, 11) is 0. The van der Waals surface area contributed by atoms with Crippen LogP contribution in [0.2, 0.25) is 5.02 Å². The largest absolute Gasteiger partial charge is 0.351 e. The van der Waals surface area contributed by atoms with Gasteiger partial charge in [-0.1, -0.05) is 47.5 Å². The normalized spacial score (nSPS) is 10.4. The maximum Gasteiger partial charge on any atom is 0.230 e. The summed E-state index contributed by atoms with van der Waals surface area (Å²) in [6, 6.07) is 13.8. The van der Waals surface area contributed by atoms with Crippen molar-refractivity contribution < 1.29 is 4.79 Å². The summed E-state index contributed by atoms with van der Waals surface area (Å²) in [5.41, 5.74) is 3.34. The predicted octanol–water partition coefficient (Wildman–Crippen LogP) is 4.37. The number of halogens is 1. The average molecular weight is 320 g/mol. The molecule has 4 heteroatoms. The SMILES string of the molecule is Cc1ccc(C)c(SCC(=O)NCc2ccccc2Cl)c1. The highest BCUT2D eigenvalue weighted by Crippen LogP contribution is 2.23. The number of amides is 1. The second-order valence-corrected chi connectivity index (χ2v) is 6.35. The van der Waals surface area contributed by atoms with Crippen molar-refractivity contribution in [2.45, 2.75) is 25.3 Å².